The van der Waals surface area contributed by atoms with E-state index in [0.29, 0.717) is 23.6 Å². The lowest BCUT2D eigenvalue weighted by atomic mass is 9.60. The van der Waals surface area contributed by atoms with E-state index in [-0.39, 0.29) is 29.8 Å². The summed E-state index contributed by atoms with van der Waals surface area (Å²) in [5.41, 5.74) is 0.0921. The molecule has 2 bridgehead atoms. The Kier molecular flexibility index (Phi) is 9.65. The zero-order chi connectivity index (χ0) is 27.5. The van der Waals surface area contributed by atoms with Gasteiger partial charge in [0, 0.05) is 12.3 Å². The third-order valence-electron chi connectivity index (χ3n) is 8.45. The van der Waals surface area contributed by atoms with Crippen molar-refractivity contribution in [3.05, 3.63) is 35.4 Å². The molecule has 0 spiro atoms. The highest BCUT2D eigenvalue weighted by Gasteiger charge is 2.55. The number of fused-ring (bicyclic) bond motifs is 3. The molecule has 2 aliphatic heterocycles. The van der Waals surface area contributed by atoms with Crippen molar-refractivity contribution in [2.45, 2.75) is 103 Å². The third-order valence-corrected chi connectivity index (χ3v) is 9.01. The molecule has 0 aromatic rings. The second-order valence-electron chi connectivity index (χ2n) is 11.3. The summed E-state index contributed by atoms with van der Waals surface area (Å²) in [4.78, 5) is 30.8. The molecule has 7 nitrogen and oxygen atoms in total. The first-order valence-corrected chi connectivity index (χ1v) is 14.5. The van der Waals surface area contributed by atoms with Crippen molar-refractivity contribution < 1.29 is 29.3 Å². The number of hydrogen-bond acceptors (Lipinski definition) is 8. The van der Waals surface area contributed by atoms with Crippen LogP contribution in [0, 0.1) is 17.3 Å². The molecule has 2 N–H and O–H groups in total. The minimum absolute atomic E-state index is 0.0631. The van der Waals surface area contributed by atoms with Crippen LogP contribution in [0.3, 0.4) is 0 Å². The Morgan fingerprint density at radius 2 is 1.97 bits per heavy atom. The molecule has 8 heteroatoms. The van der Waals surface area contributed by atoms with Gasteiger partial charge in [-0.15, -0.1) is 11.8 Å². The first kappa shape index (κ1) is 29.8. The highest BCUT2D eigenvalue weighted by atomic mass is 32.2. The van der Waals surface area contributed by atoms with Crippen LogP contribution in [0.5, 0.6) is 0 Å². The van der Waals surface area contributed by atoms with Gasteiger partial charge in [0.15, 0.2) is 0 Å². The van der Waals surface area contributed by atoms with Gasteiger partial charge in [-0.25, -0.2) is 4.99 Å². The Bertz CT molecular complexity index is 989. The predicted octanol–water partition coefficient (Wildman–Crippen LogP) is 4.77. The molecule has 3 aliphatic rings. The van der Waals surface area contributed by atoms with E-state index < -0.39 is 35.6 Å². The number of ether oxygens (including phenoxy) is 2. The summed E-state index contributed by atoms with van der Waals surface area (Å²) in [6, 6.07) is 0. The molecule has 1 unspecified atom stereocenters. The van der Waals surface area contributed by atoms with Gasteiger partial charge < -0.3 is 19.7 Å². The third kappa shape index (κ3) is 6.83. The SMILES string of the molecule is C=C(/N=C(\C=C/C)/C=C(\C)[C@@H]1C[C@@H]2O[C@]2(C)CCC[C@@H]2C[C@@](C)(C(=O)[C@H](C)C2O)[C@@H](O)CC(=O)O1)SC. The number of Topliss-reactive ketones (excluding diaryl/α,β-unsaturated/α-hetero) is 1. The van der Waals surface area contributed by atoms with Crippen LogP contribution in [0.2, 0.25) is 0 Å². The Morgan fingerprint density at radius 3 is 2.62 bits per heavy atom. The van der Waals surface area contributed by atoms with Gasteiger partial charge in [-0.1, -0.05) is 32.9 Å². The number of aliphatic imine (C=N–C) groups is 1. The lowest BCUT2D eigenvalue weighted by Gasteiger charge is -2.45. The van der Waals surface area contributed by atoms with E-state index in [2.05, 4.69) is 18.5 Å². The van der Waals surface area contributed by atoms with Crippen LogP contribution in [-0.2, 0) is 19.1 Å². The van der Waals surface area contributed by atoms with Crippen LogP contribution in [0.15, 0.2) is 40.4 Å². The van der Waals surface area contributed by atoms with Gasteiger partial charge >= 0.3 is 5.97 Å². The van der Waals surface area contributed by atoms with Crippen LogP contribution < -0.4 is 0 Å². The maximum Gasteiger partial charge on any atom is 0.309 e. The van der Waals surface area contributed by atoms with E-state index in [1.807, 2.05) is 38.3 Å². The average Bonchev–Trinajstić information content (AvgIpc) is 3.48. The molecule has 0 aromatic heterocycles. The molecule has 0 radical (unpaired) electrons. The predicted molar refractivity (Wildman–Crippen MR) is 147 cm³/mol. The normalized spacial score (nSPS) is 40.1. The molecule has 37 heavy (non-hydrogen) atoms. The monoisotopic (exact) mass is 533 g/mol. The molecule has 2 heterocycles. The number of allylic oxidation sites excluding steroid dienone is 3. The van der Waals surface area contributed by atoms with E-state index >= 15 is 0 Å². The zero-order valence-electron chi connectivity index (χ0n) is 23.0. The van der Waals surface area contributed by atoms with Crippen LogP contribution in [0.25, 0.3) is 0 Å². The number of cyclic esters (lactones) is 1. The van der Waals surface area contributed by atoms with Crippen LogP contribution >= 0.6 is 11.8 Å². The summed E-state index contributed by atoms with van der Waals surface area (Å²) < 4.78 is 12.0. The number of carbonyl (C=O) groups excluding carboxylic acids is 2. The van der Waals surface area contributed by atoms with Gasteiger partial charge in [0.05, 0.1) is 46.5 Å². The summed E-state index contributed by atoms with van der Waals surface area (Å²) in [5, 5.41) is 22.6. The zero-order valence-corrected chi connectivity index (χ0v) is 23.8. The standard InChI is InChI=1S/C29H43NO6S/c1-8-10-21(30-19(4)37-7)13-17(2)22-14-24-29(6,36-24)12-9-11-20-16-28(5,23(31)15-25(32)35-22)27(34)18(3)26(20)33/h8,10,13,18,20,22-24,26,31,33H,4,9,11-12,14-16H2,1-3,5-7H3/b10-8-,17-13+,30-21+/t18-,20-,22+,23+,24+,26?,28-,29-/m1/s1. The van der Waals surface area contributed by atoms with Gasteiger partial charge in [-0.2, -0.15) is 0 Å². The lowest BCUT2D eigenvalue weighted by molar-refractivity contribution is -0.161. The van der Waals surface area contributed by atoms with Crippen molar-refractivity contribution in [3.63, 3.8) is 0 Å². The van der Waals surface area contributed by atoms with Crippen molar-refractivity contribution >= 4 is 29.2 Å². The molecule has 1 aliphatic carbocycles. The fourth-order valence-corrected chi connectivity index (χ4v) is 6.06. The number of hydrogen-bond donors (Lipinski definition) is 2. The van der Waals surface area contributed by atoms with Gasteiger partial charge in [-0.3, -0.25) is 9.59 Å². The molecule has 0 amide bonds. The summed E-state index contributed by atoms with van der Waals surface area (Å²) in [6.45, 7) is 13.3. The first-order valence-electron chi connectivity index (χ1n) is 13.2. The van der Waals surface area contributed by atoms with Crippen LogP contribution in [-0.4, -0.2) is 63.9 Å². The first-order chi connectivity index (χ1) is 17.3. The Balaban J connectivity index is 1.90. The number of esters is 1. The van der Waals surface area contributed by atoms with E-state index in [1.54, 1.807) is 13.8 Å². The smallest absolute Gasteiger partial charge is 0.309 e. The van der Waals surface area contributed by atoms with Gasteiger partial charge in [0.2, 0.25) is 0 Å². The maximum atomic E-state index is 13.2. The van der Waals surface area contributed by atoms with Crippen LogP contribution in [0.1, 0.15) is 73.1 Å². The quantitative estimate of drug-likeness (QED) is 0.298. The molecule has 2 saturated heterocycles. The van der Waals surface area contributed by atoms with Crippen molar-refractivity contribution in [1.82, 2.24) is 0 Å². The largest absolute Gasteiger partial charge is 0.458 e. The molecular formula is C29H43NO6S. The number of ketones is 1. The van der Waals surface area contributed by atoms with Crippen LogP contribution in [0.4, 0.5) is 0 Å². The van der Waals surface area contributed by atoms with E-state index in [1.165, 1.54) is 11.8 Å². The van der Waals surface area contributed by atoms with Gasteiger partial charge in [-0.05, 0) is 69.9 Å². The maximum absolute atomic E-state index is 13.2. The highest BCUT2D eigenvalue weighted by Crippen LogP contribution is 2.48. The second kappa shape index (κ2) is 12.0. The number of carbonyl (C=O) groups is 2. The molecule has 1 saturated carbocycles. The fourth-order valence-electron chi connectivity index (χ4n) is 5.86. The van der Waals surface area contributed by atoms with Crippen molar-refractivity contribution in [1.29, 1.82) is 0 Å². The Morgan fingerprint density at radius 1 is 1.27 bits per heavy atom. The number of aliphatic hydroxyl groups excluding tert-OH is 2. The van der Waals surface area contributed by atoms with Crippen molar-refractivity contribution in [2.75, 3.05) is 6.26 Å². The van der Waals surface area contributed by atoms with E-state index in [0.717, 1.165) is 24.8 Å². The van der Waals surface area contributed by atoms with E-state index in [4.69, 9.17) is 9.47 Å². The Hall–Kier alpha value is -1.74. The molecular weight excluding hydrogens is 490 g/mol. The molecule has 0 aromatic carbocycles. The summed E-state index contributed by atoms with van der Waals surface area (Å²) in [7, 11) is 0. The number of aliphatic hydroxyl groups is 2. The molecule has 3 rings (SSSR count). The van der Waals surface area contributed by atoms with Gasteiger partial charge in [0.25, 0.3) is 0 Å². The molecule has 8 atom stereocenters. The minimum Gasteiger partial charge on any atom is -0.458 e. The Labute approximate surface area is 225 Å². The lowest BCUT2D eigenvalue weighted by Crippen LogP contribution is -2.54. The number of nitrogens with zero attached hydrogens (tertiary/aromatic N) is 1. The van der Waals surface area contributed by atoms with Crippen molar-refractivity contribution in [2.24, 2.45) is 22.2 Å². The topological polar surface area (TPSA) is 109 Å². The summed E-state index contributed by atoms with van der Waals surface area (Å²) in [6.07, 6.45) is 7.94. The van der Waals surface area contributed by atoms with Gasteiger partial charge in [0.1, 0.15) is 11.9 Å². The number of thioether (sulfide) groups is 1. The number of rotatable bonds is 5. The summed E-state index contributed by atoms with van der Waals surface area (Å²) in [5.74, 6) is -1.48. The molecule has 3 fully saturated rings. The van der Waals surface area contributed by atoms with Crippen molar-refractivity contribution in [3.8, 4) is 0 Å². The number of epoxide rings is 1. The minimum atomic E-state index is -1.19. The second-order valence-corrected chi connectivity index (χ2v) is 12.2. The fraction of sp³-hybridized carbons (Fsp3) is 0.690. The molecule has 206 valence electrons. The average molecular weight is 534 g/mol. The highest BCUT2D eigenvalue weighted by molar-refractivity contribution is 8.02. The summed E-state index contributed by atoms with van der Waals surface area (Å²) >= 11 is 1.45. The van der Waals surface area contributed by atoms with E-state index in [9.17, 15) is 19.8 Å².